The molecule has 1 atom stereocenters. The summed E-state index contributed by atoms with van der Waals surface area (Å²) in [5, 5.41) is 5.16. The fourth-order valence-corrected chi connectivity index (χ4v) is 3.14. The Kier molecular flexibility index (Phi) is 4.77. The van der Waals surface area contributed by atoms with Crippen LogP contribution in [-0.4, -0.2) is 30.5 Å². The van der Waals surface area contributed by atoms with Gasteiger partial charge in [-0.3, -0.25) is 19.2 Å². The van der Waals surface area contributed by atoms with Crippen LogP contribution in [-0.2, 0) is 19.2 Å². The van der Waals surface area contributed by atoms with Gasteiger partial charge in [0, 0.05) is 23.5 Å². The van der Waals surface area contributed by atoms with Gasteiger partial charge in [-0.1, -0.05) is 12.1 Å². The van der Waals surface area contributed by atoms with E-state index >= 15 is 0 Å². The van der Waals surface area contributed by atoms with Crippen molar-refractivity contribution in [1.82, 2.24) is 10.6 Å². The molecule has 0 fully saturated rings. The summed E-state index contributed by atoms with van der Waals surface area (Å²) in [7, 11) is 1.51. The first-order valence-electron chi connectivity index (χ1n) is 8.27. The van der Waals surface area contributed by atoms with E-state index in [9.17, 15) is 19.2 Å². The third-order valence-corrected chi connectivity index (χ3v) is 4.32. The van der Waals surface area contributed by atoms with Crippen LogP contribution in [0.2, 0.25) is 0 Å². The van der Waals surface area contributed by atoms with Gasteiger partial charge in [-0.2, -0.15) is 0 Å². The summed E-state index contributed by atoms with van der Waals surface area (Å²) in [4.78, 5) is 50.4. The van der Waals surface area contributed by atoms with E-state index < -0.39 is 29.3 Å². The van der Waals surface area contributed by atoms with E-state index in [0.29, 0.717) is 22.7 Å². The summed E-state index contributed by atoms with van der Waals surface area (Å²) in [6, 6.07) is 6.49. The molecule has 0 bridgehead atoms. The number of nitrogens with one attached hydrogen (secondary N) is 2. The van der Waals surface area contributed by atoms with Crippen LogP contribution < -0.4 is 15.4 Å². The zero-order valence-corrected chi connectivity index (χ0v) is 15.1. The van der Waals surface area contributed by atoms with Gasteiger partial charge in [-0.05, 0) is 37.1 Å². The lowest BCUT2D eigenvalue weighted by atomic mass is 9.81. The Morgan fingerprint density at radius 1 is 0.926 bits per heavy atom. The average Bonchev–Trinajstić information content (AvgIpc) is 2.59. The summed E-state index contributed by atoms with van der Waals surface area (Å²) in [5.41, 5.74) is 1.10. The Labute approximate surface area is 155 Å². The second kappa shape index (κ2) is 7.03. The van der Waals surface area contributed by atoms with Crippen molar-refractivity contribution in [2.45, 2.75) is 13.8 Å². The molecule has 2 amide bonds. The Bertz CT molecular complexity index is 951. The molecule has 7 nitrogen and oxygen atoms in total. The number of hydrogen-bond donors (Lipinski definition) is 2. The maximum Gasteiger partial charge on any atom is 0.259 e. The largest absolute Gasteiger partial charge is 0.497 e. The Balaban J connectivity index is 2.26. The van der Waals surface area contributed by atoms with E-state index in [1.807, 2.05) is 0 Å². The number of carbonyl (C=O) groups is 4. The molecule has 2 N–H and O–H groups in total. The van der Waals surface area contributed by atoms with Gasteiger partial charge in [0.05, 0.1) is 12.7 Å². The van der Waals surface area contributed by atoms with Crippen LogP contribution in [0.15, 0.2) is 53.4 Å². The van der Waals surface area contributed by atoms with Crippen molar-refractivity contribution in [3.8, 4) is 5.75 Å². The van der Waals surface area contributed by atoms with Crippen LogP contribution >= 0.6 is 0 Å². The first kappa shape index (κ1) is 18.3. The van der Waals surface area contributed by atoms with Crippen molar-refractivity contribution in [2.24, 2.45) is 5.92 Å². The quantitative estimate of drug-likeness (QED) is 0.477. The Morgan fingerprint density at radius 3 is 2.11 bits per heavy atom. The van der Waals surface area contributed by atoms with Crippen molar-refractivity contribution < 1.29 is 23.9 Å². The minimum atomic E-state index is -1.29. The number of ether oxygens (including phenoxy) is 1. The maximum atomic E-state index is 12.6. The van der Waals surface area contributed by atoms with Gasteiger partial charge in [-0.15, -0.1) is 0 Å². The van der Waals surface area contributed by atoms with Crippen LogP contribution in [0, 0.1) is 5.92 Å². The first-order valence-corrected chi connectivity index (χ1v) is 8.27. The minimum Gasteiger partial charge on any atom is -0.497 e. The highest BCUT2D eigenvalue weighted by atomic mass is 16.5. The van der Waals surface area contributed by atoms with Crippen molar-refractivity contribution in [3.05, 3.63) is 58.9 Å². The van der Waals surface area contributed by atoms with Crippen molar-refractivity contribution in [2.75, 3.05) is 7.11 Å². The number of ketones is 2. The SMILES string of the molecule is COc1ccc(/C(=C2/C(=O)C=C(C)NC2=O)C2C(=O)C=C(C)NC2=O)cc1. The first-order chi connectivity index (χ1) is 12.8. The predicted octanol–water partition coefficient (Wildman–Crippen LogP) is 1.27. The third-order valence-electron chi connectivity index (χ3n) is 4.32. The second-order valence-corrected chi connectivity index (χ2v) is 6.31. The average molecular weight is 366 g/mol. The number of hydrogen-bond acceptors (Lipinski definition) is 5. The molecule has 0 aliphatic carbocycles. The molecule has 1 aromatic carbocycles. The van der Waals surface area contributed by atoms with E-state index in [2.05, 4.69) is 10.6 Å². The van der Waals surface area contributed by atoms with Gasteiger partial charge in [0.1, 0.15) is 11.7 Å². The fourth-order valence-electron chi connectivity index (χ4n) is 3.14. The molecule has 1 aromatic rings. The molecular formula is C20H18N2O5. The second-order valence-electron chi connectivity index (χ2n) is 6.31. The molecule has 3 rings (SSSR count). The molecule has 2 heterocycles. The van der Waals surface area contributed by atoms with Crippen molar-refractivity contribution in [1.29, 1.82) is 0 Å². The molecule has 0 aromatic heterocycles. The molecule has 27 heavy (non-hydrogen) atoms. The number of amides is 2. The Morgan fingerprint density at radius 2 is 1.56 bits per heavy atom. The smallest absolute Gasteiger partial charge is 0.259 e. The maximum absolute atomic E-state index is 12.6. The lowest BCUT2D eigenvalue weighted by Crippen LogP contribution is -2.41. The van der Waals surface area contributed by atoms with Gasteiger partial charge < -0.3 is 15.4 Å². The normalized spacial score (nSPS) is 21.8. The molecule has 2 aliphatic heterocycles. The third kappa shape index (κ3) is 3.44. The van der Waals surface area contributed by atoms with E-state index in [-0.39, 0.29) is 11.1 Å². The molecule has 7 heteroatoms. The number of allylic oxidation sites excluding steroid dienone is 4. The van der Waals surface area contributed by atoms with Crippen LogP contribution in [0.1, 0.15) is 19.4 Å². The highest BCUT2D eigenvalue weighted by Crippen LogP contribution is 2.33. The monoisotopic (exact) mass is 366 g/mol. The van der Waals surface area contributed by atoms with E-state index in [1.165, 1.54) is 19.3 Å². The summed E-state index contributed by atoms with van der Waals surface area (Å²) >= 11 is 0. The highest BCUT2D eigenvalue weighted by molar-refractivity contribution is 6.33. The molecule has 0 radical (unpaired) electrons. The molecule has 138 valence electrons. The molecule has 0 spiro atoms. The van der Waals surface area contributed by atoms with Gasteiger partial charge >= 0.3 is 0 Å². The number of benzene rings is 1. The topological polar surface area (TPSA) is 102 Å². The summed E-state index contributed by atoms with van der Waals surface area (Å²) < 4.78 is 5.12. The van der Waals surface area contributed by atoms with Crippen LogP contribution in [0.25, 0.3) is 5.57 Å². The lowest BCUT2D eigenvalue weighted by Gasteiger charge is -2.25. The van der Waals surface area contributed by atoms with Gasteiger partial charge in [0.25, 0.3) is 5.91 Å². The summed E-state index contributed by atoms with van der Waals surface area (Å²) in [6.07, 6.45) is 2.56. The predicted molar refractivity (Wildman–Crippen MR) is 97.2 cm³/mol. The molecule has 0 saturated heterocycles. The molecule has 2 aliphatic rings. The summed E-state index contributed by atoms with van der Waals surface area (Å²) in [5.74, 6) is -2.98. The Hall–Kier alpha value is -3.48. The summed E-state index contributed by atoms with van der Waals surface area (Å²) in [6.45, 7) is 3.18. The standard InChI is InChI=1S/C20H18N2O5/c1-10-8-14(23)17(19(25)21-10)16(12-4-6-13(27-3)7-5-12)18-15(24)9-11(2)22-20(18)26/h4-9,17H,1-3H3,(H,21,25)(H,22,26)/b18-16+. The highest BCUT2D eigenvalue weighted by Gasteiger charge is 2.38. The van der Waals surface area contributed by atoms with Gasteiger partial charge in [-0.25, -0.2) is 0 Å². The van der Waals surface area contributed by atoms with Gasteiger partial charge in [0.15, 0.2) is 11.6 Å². The zero-order valence-electron chi connectivity index (χ0n) is 15.1. The molecule has 0 saturated carbocycles. The van der Waals surface area contributed by atoms with Crippen LogP contribution in [0.4, 0.5) is 0 Å². The van der Waals surface area contributed by atoms with Crippen LogP contribution in [0.3, 0.4) is 0 Å². The lowest BCUT2D eigenvalue weighted by molar-refractivity contribution is -0.129. The van der Waals surface area contributed by atoms with Crippen molar-refractivity contribution >= 4 is 29.0 Å². The number of rotatable bonds is 3. The number of methoxy groups -OCH3 is 1. The van der Waals surface area contributed by atoms with E-state index in [1.54, 1.807) is 38.1 Å². The molecular weight excluding hydrogens is 348 g/mol. The van der Waals surface area contributed by atoms with E-state index in [0.717, 1.165) is 0 Å². The number of carbonyl (C=O) groups excluding carboxylic acids is 4. The van der Waals surface area contributed by atoms with Gasteiger partial charge in [0.2, 0.25) is 5.91 Å². The van der Waals surface area contributed by atoms with Crippen molar-refractivity contribution in [3.63, 3.8) is 0 Å². The van der Waals surface area contributed by atoms with E-state index in [4.69, 9.17) is 4.74 Å². The van der Waals surface area contributed by atoms with Crippen LogP contribution in [0.5, 0.6) is 5.75 Å². The minimum absolute atomic E-state index is 0.0788. The zero-order chi connectivity index (χ0) is 19.7. The molecule has 1 unspecified atom stereocenters. The fraction of sp³-hybridized carbons (Fsp3) is 0.200.